The number of benzene rings is 1. The molecule has 0 aliphatic carbocycles. The highest BCUT2D eigenvalue weighted by atomic mass is 32.1. The van der Waals surface area contributed by atoms with E-state index in [1.807, 2.05) is 17.5 Å². The lowest BCUT2D eigenvalue weighted by Gasteiger charge is -2.17. The molecule has 0 saturated carbocycles. The Morgan fingerprint density at radius 1 is 1.30 bits per heavy atom. The highest BCUT2D eigenvalue weighted by molar-refractivity contribution is 7.71. The number of rotatable bonds is 6. The molecule has 3 aromatic heterocycles. The molecule has 11 heteroatoms. The van der Waals surface area contributed by atoms with Gasteiger partial charge in [-0.3, -0.25) is 14.5 Å². The molecule has 0 radical (unpaired) electrons. The SMILES string of the molecule is CC(NC(=O)C(C)n1c(-c2cccs2)n[nH]c1=S)c1nc(-c2ccc(F)cc2)no1. The van der Waals surface area contributed by atoms with E-state index in [9.17, 15) is 9.18 Å². The molecule has 1 aromatic carbocycles. The summed E-state index contributed by atoms with van der Waals surface area (Å²) in [6, 6.07) is 8.42. The van der Waals surface area contributed by atoms with Gasteiger partial charge in [0, 0.05) is 5.56 Å². The van der Waals surface area contributed by atoms with E-state index in [1.165, 1.54) is 23.5 Å². The molecule has 8 nitrogen and oxygen atoms in total. The van der Waals surface area contributed by atoms with Gasteiger partial charge < -0.3 is 9.84 Å². The molecule has 0 saturated heterocycles. The average molecular weight is 445 g/mol. The molecule has 0 fully saturated rings. The number of aromatic nitrogens is 5. The fraction of sp³-hybridized carbons (Fsp3) is 0.211. The van der Waals surface area contributed by atoms with Crippen molar-refractivity contribution in [1.29, 1.82) is 0 Å². The summed E-state index contributed by atoms with van der Waals surface area (Å²) in [7, 11) is 0. The fourth-order valence-electron chi connectivity index (χ4n) is 2.88. The molecule has 2 atom stereocenters. The Morgan fingerprint density at radius 2 is 2.07 bits per heavy atom. The topological polar surface area (TPSA) is 102 Å². The molecule has 0 aliphatic heterocycles. The first-order chi connectivity index (χ1) is 14.4. The summed E-state index contributed by atoms with van der Waals surface area (Å²) in [6.07, 6.45) is 0. The predicted octanol–water partition coefficient (Wildman–Crippen LogP) is 4.30. The maximum atomic E-state index is 13.1. The van der Waals surface area contributed by atoms with Crippen LogP contribution >= 0.6 is 23.6 Å². The minimum atomic E-state index is -0.615. The third-order valence-corrected chi connectivity index (χ3v) is 5.64. The molecular formula is C19H17FN6O2S2. The summed E-state index contributed by atoms with van der Waals surface area (Å²) < 4.78 is 20.4. The normalized spacial score (nSPS) is 13.2. The Bertz CT molecular complexity index is 1210. The van der Waals surface area contributed by atoms with E-state index in [1.54, 1.807) is 30.5 Å². The molecule has 0 spiro atoms. The van der Waals surface area contributed by atoms with Crippen LogP contribution in [0.5, 0.6) is 0 Å². The number of carbonyl (C=O) groups excluding carboxylic acids is 1. The highest BCUT2D eigenvalue weighted by Gasteiger charge is 2.24. The minimum absolute atomic E-state index is 0.240. The van der Waals surface area contributed by atoms with Gasteiger partial charge in [-0.2, -0.15) is 10.1 Å². The number of aromatic amines is 1. The Hall–Kier alpha value is -3.18. The zero-order valence-electron chi connectivity index (χ0n) is 16.0. The van der Waals surface area contributed by atoms with Crippen LogP contribution < -0.4 is 5.32 Å². The molecule has 1 amide bonds. The van der Waals surface area contributed by atoms with Crippen LogP contribution in [-0.2, 0) is 4.79 Å². The minimum Gasteiger partial charge on any atom is -0.343 e. The van der Waals surface area contributed by atoms with Crippen LogP contribution in [0.15, 0.2) is 46.3 Å². The van der Waals surface area contributed by atoms with E-state index in [0.717, 1.165) is 4.88 Å². The number of H-pyrrole nitrogens is 1. The first-order valence-corrected chi connectivity index (χ1v) is 10.3. The van der Waals surface area contributed by atoms with Gasteiger partial charge in [-0.05, 0) is 61.8 Å². The number of hydrogen-bond donors (Lipinski definition) is 2. The summed E-state index contributed by atoms with van der Waals surface area (Å²) in [5.74, 6) is 0.526. The Labute approximate surface area is 179 Å². The van der Waals surface area contributed by atoms with Crippen LogP contribution in [0.2, 0.25) is 0 Å². The van der Waals surface area contributed by atoms with Crippen molar-refractivity contribution in [2.75, 3.05) is 0 Å². The van der Waals surface area contributed by atoms with Crippen molar-refractivity contribution >= 4 is 29.5 Å². The van der Waals surface area contributed by atoms with Crippen molar-refractivity contribution in [1.82, 2.24) is 30.2 Å². The third-order valence-electron chi connectivity index (χ3n) is 4.49. The second-order valence-corrected chi connectivity index (χ2v) is 7.90. The van der Waals surface area contributed by atoms with E-state index >= 15 is 0 Å². The lowest BCUT2D eigenvalue weighted by molar-refractivity contribution is -0.124. The predicted molar refractivity (Wildman–Crippen MR) is 112 cm³/mol. The van der Waals surface area contributed by atoms with E-state index in [4.69, 9.17) is 16.7 Å². The first kappa shape index (κ1) is 20.1. The van der Waals surface area contributed by atoms with Crippen LogP contribution in [0.4, 0.5) is 4.39 Å². The molecule has 0 aliphatic rings. The molecule has 0 bridgehead atoms. The van der Waals surface area contributed by atoms with Gasteiger partial charge >= 0.3 is 0 Å². The second kappa shape index (κ2) is 8.28. The number of thiophene rings is 1. The quantitative estimate of drug-likeness (QED) is 0.430. The number of amides is 1. The van der Waals surface area contributed by atoms with Crippen molar-refractivity contribution in [2.45, 2.75) is 25.9 Å². The van der Waals surface area contributed by atoms with Gasteiger partial charge in [0.15, 0.2) is 10.6 Å². The average Bonchev–Trinajstić information content (AvgIpc) is 3.48. The molecule has 4 rings (SSSR count). The Balaban J connectivity index is 1.50. The van der Waals surface area contributed by atoms with Crippen molar-refractivity contribution in [3.05, 3.63) is 58.3 Å². The molecule has 3 heterocycles. The zero-order chi connectivity index (χ0) is 21.3. The van der Waals surface area contributed by atoms with Crippen LogP contribution in [0.3, 0.4) is 0 Å². The van der Waals surface area contributed by atoms with E-state index in [2.05, 4.69) is 25.7 Å². The Kier molecular flexibility index (Phi) is 5.55. The lowest BCUT2D eigenvalue weighted by atomic mass is 10.2. The number of nitrogens with zero attached hydrogens (tertiary/aromatic N) is 4. The van der Waals surface area contributed by atoms with Crippen molar-refractivity contribution in [2.24, 2.45) is 0 Å². The highest BCUT2D eigenvalue weighted by Crippen LogP contribution is 2.26. The van der Waals surface area contributed by atoms with E-state index < -0.39 is 12.1 Å². The molecule has 30 heavy (non-hydrogen) atoms. The number of hydrogen-bond acceptors (Lipinski definition) is 7. The zero-order valence-corrected chi connectivity index (χ0v) is 17.6. The largest absolute Gasteiger partial charge is 0.343 e. The summed E-state index contributed by atoms with van der Waals surface area (Å²) in [5, 5.41) is 15.7. The van der Waals surface area contributed by atoms with Crippen molar-refractivity contribution in [3.8, 4) is 22.1 Å². The molecule has 2 unspecified atom stereocenters. The third kappa shape index (κ3) is 3.94. The number of halogens is 1. The number of nitrogens with one attached hydrogen (secondary N) is 2. The lowest BCUT2D eigenvalue weighted by Crippen LogP contribution is -2.33. The fourth-order valence-corrected chi connectivity index (χ4v) is 3.88. The van der Waals surface area contributed by atoms with E-state index in [0.29, 0.717) is 22.0 Å². The van der Waals surface area contributed by atoms with Gasteiger partial charge in [0.05, 0.1) is 4.88 Å². The van der Waals surface area contributed by atoms with Gasteiger partial charge in [-0.1, -0.05) is 11.2 Å². The molecule has 154 valence electrons. The summed E-state index contributed by atoms with van der Waals surface area (Å²) in [5.41, 5.74) is 0.614. The van der Waals surface area contributed by atoms with Gasteiger partial charge in [0.1, 0.15) is 17.9 Å². The summed E-state index contributed by atoms with van der Waals surface area (Å²) in [6.45, 7) is 3.48. The standard InChI is InChI=1S/C19H17FN6O2S2/c1-10(18-22-15(25-28-18)12-5-7-13(20)8-6-12)21-17(27)11(2)26-16(23-24-19(26)29)14-4-3-9-30-14/h3-11H,1-2H3,(H,21,27)(H,24,29). The van der Waals surface area contributed by atoms with Gasteiger partial charge in [-0.25, -0.2) is 4.39 Å². The van der Waals surface area contributed by atoms with Crippen LogP contribution in [-0.4, -0.2) is 30.8 Å². The van der Waals surface area contributed by atoms with Crippen LogP contribution in [0.25, 0.3) is 22.1 Å². The summed E-state index contributed by atoms with van der Waals surface area (Å²) >= 11 is 6.82. The monoisotopic (exact) mass is 444 g/mol. The van der Waals surface area contributed by atoms with Crippen LogP contribution in [0, 0.1) is 10.6 Å². The first-order valence-electron chi connectivity index (χ1n) is 9.04. The van der Waals surface area contributed by atoms with Crippen molar-refractivity contribution < 1.29 is 13.7 Å². The Morgan fingerprint density at radius 3 is 2.77 bits per heavy atom. The van der Waals surface area contributed by atoms with Gasteiger partial charge in [-0.15, -0.1) is 11.3 Å². The van der Waals surface area contributed by atoms with Gasteiger partial charge in [0.25, 0.3) is 0 Å². The van der Waals surface area contributed by atoms with Gasteiger partial charge in [0.2, 0.25) is 17.6 Å². The smallest absolute Gasteiger partial charge is 0.249 e. The number of carbonyl (C=O) groups is 1. The van der Waals surface area contributed by atoms with E-state index in [-0.39, 0.29) is 17.6 Å². The second-order valence-electron chi connectivity index (χ2n) is 6.57. The maximum Gasteiger partial charge on any atom is 0.249 e. The molecule has 2 N–H and O–H groups in total. The maximum absolute atomic E-state index is 13.1. The van der Waals surface area contributed by atoms with Crippen molar-refractivity contribution in [3.63, 3.8) is 0 Å². The molecular weight excluding hydrogens is 427 g/mol. The summed E-state index contributed by atoms with van der Waals surface area (Å²) in [4.78, 5) is 18.1. The molecule has 4 aromatic rings. The van der Waals surface area contributed by atoms with Crippen LogP contribution in [0.1, 0.15) is 31.8 Å².